The molecule has 1 aromatic heterocycles. The molecular formula is C17H24N4O3S. The van der Waals surface area contributed by atoms with Gasteiger partial charge in [-0.2, -0.15) is 0 Å². The molecule has 136 valence electrons. The highest BCUT2D eigenvalue weighted by atomic mass is 32.2. The predicted molar refractivity (Wildman–Crippen MR) is 96.9 cm³/mol. The number of carbonyl (C=O) groups is 1. The number of benzene rings is 1. The number of nitrogens with one attached hydrogen (secondary N) is 1. The van der Waals surface area contributed by atoms with Gasteiger partial charge in [0.05, 0.1) is 12.9 Å². The van der Waals surface area contributed by atoms with Gasteiger partial charge in [0.1, 0.15) is 18.1 Å². The Balaban J connectivity index is 1.84. The van der Waals surface area contributed by atoms with Gasteiger partial charge in [-0.25, -0.2) is 0 Å². The van der Waals surface area contributed by atoms with Gasteiger partial charge in [0, 0.05) is 13.6 Å². The first kappa shape index (κ1) is 19.1. The van der Waals surface area contributed by atoms with Gasteiger partial charge in [0.15, 0.2) is 11.0 Å². The Labute approximate surface area is 152 Å². The number of thioether (sulfide) groups is 1. The minimum Gasteiger partial charge on any atom is -0.497 e. The Morgan fingerprint density at radius 2 is 1.92 bits per heavy atom. The molecule has 0 aliphatic rings. The Bertz CT molecular complexity index is 686. The topological polar surface area (TPSA) is 78.3 Å². The minimum absolute atomic E-state index is 0.00210. The van der Waals surface area contributed by atoms with Gasteiger partial charge in [0.25, 0.3) is 0 Å². The molecule has 0 saturated carbocycles. The third-order valence-electron chi connectivity index (χ3n) is 3.39. The summed E-state index contributed by atoms with van der Waals surface area (Å²) < 4.78 is 12.7. The lowest BCUT2D eigenvalue weighted by Gasteiger charge is -2.08. The van der Waals surface area contributed by atoms with Crippen LogP contribution in [0.1, 0.15) is 19.7 Å². The van der Waals surface area contributed by atoms with Crippen molar-refractivity contribution < 1.29 is 14.3 Å². The summed E-state index contributed by atoms with van der Waals surface area (Å²) in [6.07, 6.45) is 0. The normalized spacial score (nSPS) is 10.8. The number of rotatable bonds is 9. The minimum atomic E-state index is -0.00210. The van der Waals surface area contributed by atoms with Crippen molar-refractivity contribution in [1.82, 2.24) is 20.1 Å². The number of amides is 1. The van der Waals surface area contributed by atoms with E-state index < -0.39 is 0 Å². The largest absolute Gasteiger partial charge is 0.497 e. The summed E-state index contributed by atoms with van der Waals surface area (Å²) in [6.45, 7) is 5.10. The van der Waals surface area contributed by atoms with Crippen molar-refractivity contribution in [3.05, 3.63) is 30.1 Å². The van der Waals surface area contributed by atoms with Gasteiger partial charge in [-0.1, -0.05) is 25.6 Å². The van der Waals surface area contributed by atoms with Crippen LogP contribution in [-0.4, -0.2) is 40.1 Å². The van der Waals surface area contributed by atoms with Gasteiger partial charge < -0.3 is 19.4 Å². The van der Waals surface area contributed by atoms with E-state index in [1.807, 2.05) is 35.9 Å². The number of ether oxygens (including phenoxy) is 2. The molecule has 0 radical (unpaired) electrons. The van der Waals surface area contributed by atoms with Gasteiger partial charge in [-0.15, -0.1) is 10.2 Å². The molecule has 8 heteroatoms. The first-order chi connectivity index (χ1) is 12.0. The number of nitrogens with zero attached hydrogens (tertiary/aromatic N) is 3. The van der Waals surface area contributed by atoms with Crippen LogP contribution in [0.2, 0.25) is 0 Å². The van der Waals surface area contributed by atoms with Crippen LogP contribution < -0.4 is 14.8 Å². The van der Waals surface area contributed by atoms with Crippen molar-refractivity contribution in [3.63, 3.8) is 0 Å². The highest BCUT2D eigenvalue weighted by Gasteiger charge is 2.12. The van der Waals surface area contributed by atoms with E-state index in [0.717, 1.165) is 11.5 Å². The van der Waals surface area contributed by atoms with Crippen LogP contribution in [-0.2, 0) is 18.4 Å². The molecule has 1 aromatic carbocycles. The molecule has 0 unspecified atom stereocenters. The molecule has 1 N–H and O–H groups in total. The molecule has 1 heterocycles. The van der Waals surface area contributed by atoms with E-state index in [2.05, 4.69) is 29.4 Å². The van der Waals surface area contributed by atoms with Gasteiger partial charge >= 0.3 is 0 Å². The molecule has 2 aromatic rings. The number of methoxy groups -OCH3 is 1. The fraction of sp³-hybridized carbons (Fsp3) is 0.471. The third-order valence-corrected chi connectivity index (χ3v) is 4.41. The second kappa shape index (κ2) is 9.31. The van der Waals surface area contributed by atoms with E-state index in [1.165, 1.54) is 11.8 Å². The summed E-state index contributed by atoms with van der Waals surface area (Å²) in [5.41, 5.74) is 0. The SMILES string of the molecule is COc1ccc(OCc2nnc(SCC(=O)NCC(C)C)n2C)cc1. The Hall–Kier alpha value is -2.22. The van der Waals surface area contributed by atoms with Crippen molar-refractivity contribution in [2.75, 3.05) is 19.4 Å². The molecule has 0 saturated heterocycles. The van der Waals surface area contributed by atoms with Crippen molar-refractivity contribution in [1.29, 1.82) is 0 Å². The van der Waals surface area contributed by atoms with Crippen molar-refractivity contribution in [2.45, 2.75) is 25.6 Å². The van der Waals surface area contributed by atoms with E-state index in [0.29, 0.717) is 35.8 Å². The second-order valence-electron chi connectivity index (χ2n) is 5.91. The lowest BCUT2D eigenvalue weighted by molar-refractivity contribution is -0.118. The van der Waals surface area contributed by atoms with Crippen LogP contribution in [0, 0.1) is 5.92 Å². The molecule has 0 aliphatic carbocycles. The van der Waals surface area contributed by atoms with E-state index in [1.54, 1.807) is 7.11 Å². The standard InChI is InChI=1S/C17H24N4O3S/c1-12(2)9-18-16(22)11-25-17-20-19-15(21(17)3)10-24-14-7-5-13(23-4)6-8-14/h5-8,12H,9-11H2,1-4H3,(H,18,22). The number of carbonyl (C=O) groups excluding carboxylic acids is 1. The molecule has 0 spiro atoms. The van der Waals surface area contributed by atoms with E-state index in [9.17, 15) is 4.79 Å². The monoisotopic (exact) mass is 364 g/mol. The molecule has 0 atom stereocenters. The fourth-order valence-corrected chi connectivity index (χ4v) is 2.68. The van der Waals surface area contributed by atoms with Crippen molar-refractivity contribution >= 4 is 17.7 Å². The summed E-state index contributed by atoms with van der Waals surface area (Å²) in [7, 11) is 3.48. The molecule has 2 rings (SSSR count). The second-order valence-corrected chi connectivity index (χ2v) is 6.85. The zero-order valence-corrected chi connectivity index (χ0v) is 15.8. The first-order valence-corrected chi connectivity index (χ1v) is 9.02. The summed E-state index contributed by atoms with van der Waals surface area (Å²) in [5, 5.41) is 11.8. The molecule has 1 amide bonds. The predicted octanol–water partition coefficient (Wildman–Crippen LogP) is 2.27. The average molecular weight is 364 g/mol. The zero-order valence-electron chi connectivity index (χ0n) is 15.0. The van der Waals surface area contributed by atoms with E-state index in [4.69, 9.17) is 9.47 Å². The molecule has 25 heavy (non-hydrogen) atoms. The average Bonchev–Trinajstić information content (AvgIpc) is 2.96. The lowest BCUT2D eigenvalue weighted by atomic mass is 10.2. The highest BCUT2D eigenvalue weighted by molar-refractivity contribution is 7.99. The maximum atomic E-state index is 11.8. The number of aromatic nitrogens is 3. The molecule has 7 nitrogen and oxygen atoms in total. The van der Waals surface area contributed by atoms with Crippen LogP contribution in [0.5, 0.6) is 11.5 Å². The Morgan fingerprint density at radius 1 is 1.24 bits per heavy atom. The van der Waals surface area contributed by atoms with Crippen LogP contribution in [0.3, 0.4) is 0 Å². The fourth-order valence-electron chi connectivity index (χ4n) is 1.92. The summed E-state index contributed by atoms with van der Waals surface area (Å²) in [6, 6.07) is 7.35. The van der Waals surface area contributed by atoms with Crippen molar-refractivity contribution in [2.24, 2.45) is 13.0 Å². The van der Waals surface area contributed by atoms with Gasteiger partial charge in [-0.05, 0) is 30.2 Å². The van der Waals surface area contributed by atoms with Gasteiger partial charge in [0.2, 0.25) is 5.91 Å². The quantitative estimate of drug-likeness (QED) is 0.688. The van der Waals surface area contributed by atoms with E-state index in [-0.39, 0.29) is 5.91 Å². The maximum absolute atomic E-state index is 11.8. The zero-order chi connectivity index (χ0) is 18.2. The molecule has 0 bridgehead atoms. The van der Waals surface area contributed by atoms with Crippen LogP contribution in [0.4, 0.5) is 0 Å². The highest BCUT2D eigenvalue weighted by Crippen LogP contribution is 2.19. The van der Waals surface area contributed by atoms with E-state index >= 15 is 0 Å². The molecular weight excluding hydrogens is 340 g/mol. The Kier molecular flexibility index (Phi) is 7.12. The van der Waals surface area contributed by atoms with Gasteiger partial charge in [-0.3, -0.25) is 4.79 Å². The third kappa shape index (κ3) is 5.97. The smallest absolute Gasteiger partial charge is 0.230 e. The van der Waals surface area contributed by atoms with Crippen LogP contribution in [0.15, 0.2) is 29.4 Å². The van der Waals surface area contributed by atoms with Crippen molar-refractivity contribution in [3.8, 4) is 11.5 Å². The summed E-state index contributed by atoms with van der Waals surface area (Å²) in [4.78, 5) is 11.8. The first-order valence-electron chi connectivity index (χ1n) is 8.04. The van der Waals surface area contributed by atoms with Crippen LogP contribution in [0.25, 0.3) is 0 Å². The molecule has 0 aliphatic heterocycles. The summed E-state index contributed by atoms with van der Waals surface area (Å²) >= 11 is 1.36. The summed E-state index contributed by atoms with van der Waals surface area (Å²) in [5.74, 6) is 2.95. The van der Waals surface area contributed by atoms with Crippen LogP contribution >= 0.6 is 11.8 Å². The maximum Gasteiger partial charge on any atom is 0.230 e. The lowest BCUT2D eigenvalue weighted by Crippen LogP contribution is -2.28. The molecule has 0 fully saturated rings. The number of hydrogen-bond acceptors (Lipinski definition) is 6. The Morgan fingerprint density at radius 3 is 2.56 bits per heavy atom. The number of hydrogen-bond donors (Lipinski definition) is 1.